The summed E-state index contributed by atoms with van der Waals surface area (Å²) in [6, 6.07) is 8.52. The van der Waals surface area contributed by atoms with E-state index >= 15 is 0 Å². The monoisotopic (exact) mass is 305 g/mol. The number of hydrogen-bond donors (Lipinski definition) is 2. The van der Waals surface area contributed by atoms with Gasteiger partial charge in [-0.05, 0) is 12.5 Å². The van der Waals surface area contributed by atoms with E-state index in [1.807, 2.05) is 30.3 Å². The van der Waals surface area contributed by atoms with E-state index in [-0.39, 0.29) is 25.0 Å². The predicted molar refractivity (Wildman–Crippen MR) is 78.8 cm³/mol. The fourth-order valence-corrected chi connectivity index (χ4v) is 2.10. The van der Waals surface area contributed by atoms with E-state index in [2.05, 4.69) is 10.6 Å². The van der Waals surface area contributed by atoms with Crippen molar-refractivity contribution < 1.29 is 19.1 Å². The molecule has 1 atom stereocenters. The van der Waals surface area contributed by atoms with E-state index in [9.17, 15) is 14.4 Å². The minimum absolute atomic E-state index is 0.0178. The van der Waals surface area contributed by atoms with Crippen molar-refractivity contribution in [2.24, 2.45) is 0 Å². The molecule has 1 fully saturated rings. The number of amides is 3. The first-order valence-electron chi connectivity index (χ1n) is 7.09. The van der Waals surface area contributed by atoms with Crippen LogP contribution < -0.4 is 10.6 Å². The summed E-state index contributed by atoms with van der Waals surface area (Å²) in [7, 11) is 0. The van der Waals surface area contributed by atoms with Gasteiger partial charge in [0.1, 0.15) is 12.6 Å². The van der Waals surface area contributed by atoms with Crippen LogP contribution in [0.4, 0.5) is 4.79 Å². The van der Waals surface area contributed by atoms with E-state index in [1.165, 1.54) is 4.90 Å². The third kappa shape index (κ3) is 4.47. The minimum Gasteiger partial charge on any atom is -0.445 e. The van der Waals surface area contributed by atoms with Gasteiger partial charge in [-0.15, -0.1) is 0 Å². The first kappa shape index (κ1) is 15.8. The van der Waals surface area contributed by atoms with Crippen molar-refractivity contribution in [2.45, 2.75) is 19.6 Å². The lowest BCUT2D eigenvalue weighted by atomic mass is 10.2. The molecule has 0 saturated carbocycles. The zero-order chi connectivity index (χ0) is 15.9. The molecule has 7 nitrogen and oxygen atoms in total. The van der Waals surface area contributed by atoms with Crippen LogP contribution in [0.1, 0.15) is 12.5 Å². The SMILES string of the molecule is C[C@H](NC(=O)OCc1ccccc1)C(=O)N1CCNC(=O)C1. The molecule has 1 aliphatic rings. The zero-order valence-corrected chi connectivity index (χ0v) is 12.4. The highest BCUT2D eigenvalue weighted by Crippen LogP contribution is 2.02. The van der Waals surface area contributed by atoms with Crippen LogP contribution in [0.15, 0.2) is 30.3 Å². The van der Waals surface area contributed by atoms with Gasteiger partial charge in [-0.3, -0.25) is 9.59 Å². The molecule has 1 aromatic carbocycles. The normalized spacial score (nSPS) is 15.7. The second-order valence-corrected chi connectivity index (χ2v) is 5.04. The highest BCUT2D eigenvalue weighted by atomic mass is 16.5. The van der Waals surface area contributed by atoms with Crippen molar-refractivity contribution in [3.8, 4) is 0 Å². The number of carbonyl (C=O) groups excluding carboxylic acids is 3. The Morgan fingerprint density at radius 1 is 1.36 bits per heavy atom. The van der Waals surface area contributed by atoms with Gasteiger partial charge in [0.05, 0.1) is 6.54 Å². The van der Waals surface area contributed by atoms with Crippen LogP contribution in [0.25, 0.3) is 0 Å². The topological polar surface area (TPSA) is 87.7 Å². The molecular weight excluding hydrogens is 286 g/mol. The van der Waals surface area contributed by atoms with E-state index < -0.39 is 12.1 Å². The number of benzene rings is 1. The Bertz CT molecular complexity index is 547. The summed E-state index contributed by atoms with van der Waals surface area (Å²) in [5, 5.41) is 5.12. The number of alkyl carbamates (subject to hydrolysis) is 1. The Kier molecular flexibility index (Phi) is 5.35. The van der Waals surface area contributed by atoms with Gasteiger partial charge in [0.15, 0.2) is 0 Å². The Balaban J connectivity index is 1.78. The second kappa shape index (κ2) is 7.44. The van der Waals surface area contributed by atoms with Crippen LogP contribution in [0.2, 0.25) is 0 Å². The molecule has 0 radical (unpaired) electrons. The molecule has 0 unspecified atom stereocenters. The molecule has 1 aliphatic heterocycles. The largest absolute Gasteiger partial charge is 0.445 e. The molecule has 118 valence electrons. The van der Waals surface area contributed by atoms with Crippen LogP contribution in [0.3, 0.4) is 0 Å². The molecular formula is C15H19N3O4. The van der Waals surface area contributed by atoms with E-state index in [0.717, 1.165) is 5.56 Å². The maximum atomic E-state index is 12.1. The number of piperazine rings is 1. The lowest BCUT2D eigenvalue weighted by Gasteiger charge is -2.29. The lowest BCUT2D eigenvalue weighted by Crippen LogP contribution is -2.55. The second-order valence-electron chi connectivity index (χ2n) is 5.04. The van der Waals surface area contributed by atoms with E-state index in [4.69, 9.17) is 4.74 Å². The highest BCUT2D eigenvalue weighted by molar-refractivity contribution is 5.90. The van der Waals surface area contributed by atoms with Gasteiger partial charge in [0.2, 0.25) is 11.8 Å². The summed E-state index contributed by atoms with van der Waals surface area (Å²) in [6.45, 7) is 2.59. The standard InChI is InChI=1S/C15H19N3O4/c1-11(14(20)18-8-7-16-13(19)9-18)17-15(21)22-10-12-5-3-2-4-6-12/h2-6,11H,7-10H2,1H3,(H,16,19)(H,17,21)/t11-/m0/s1. The van der Waals surface area contributed by atoms with Crippen molar-refractivity contribution in [3.63, 3.8) is 0 Å². The first-order valence-corrected chi connectivity index (χ1v) is 7.09. The van der Waals surface area contributed by atoms with Crippen molar-refractivity contribution in [2.75, 3.05) is 19.6 Å². The van der Waals surface area contributed by atoms with Crippen LogP contribution in [0, 0.1) is 0 Å². The first-order chi connectivity index (χ1) is 10.6. The predicted octanol–water partition coefficient (Wildman–Crippen LogP) is 0.260. The van der Waals surface area contributed by atoms with Gasteiger partial charge in [0.25, 0.3) is 0 Å². The smallest absolute Gasteiger partial charge is 0.408 e. The number of rotatable bonds is 4. The fraction of sp³-hybridized carbons (Fsp3) is 0.400. The number of hydrogen-bond acceptors (Lipinski definition) is 4. The average molecular weight is 305 g/mol. The molecule has 0 aliphatic carbocycles. The molecule has 0 aromatic heterocycles. The van der Waals surface area contributed by atoms with Gasteiger partial charge >= 0.3 is 6.09 Å². The fourth-order valence-electron chi connectivity index (χ4n) is 2.10. The number of nitrogens with one attached hydrogen (secondary N) is 2. The Morgan fingerprint density at radius 2 is 2.09 bits per heavy atom. The molecule has 1 saturated heterocycles. The van der Waals surface area contributed by atoms with Crippen LogP contribution in [-0.4, -0.2) is 48.5 Å². The Hall–Kier alpha value is -2.57. The summed E-state index contributed by atoms with van der Waals surface area (Å²) in [5.74, 6) is -0.495. The number of nitrogens with zero attached hydrogens (tertiary/aromatic N) is 1. The van der Waals surface area contributed by atoms with Crippen molar-refractivity contribution >= 4 is 17.9 Å². The van der Waals surface area contributed by atoms with Crippen LogP contribution in [-0.2, 0) is 20.9 Å². The van der Waals surface area contributed by atoms with Crippen LogP contribution >= 0.6 is 0 Å². The van der Waals surface area contributed by atoms with E-state index in [0.29, 0.717) is 13.1 Å². The number of carbonyl (C=O) groups is 3. The summed E-state index contributed by atoms with van der Waals surface area (Å²) in [5.41, 5.74) is 0.865. The minimum atomic E-state index is -0.742. The maximum Gasteiger partial charge on any atom is 0.408 e. The highest BCUT2D eigenvalue weighted by Gasteiger charge is 2.26. The van der Waals surface area contributed by atoms with Crippen molar-refractivity contribution in [3.05, 3.63) is 35.9 Å². The summed E-state index contributed by atoms with van der Waals surface area (Å²) < 4.78 is 5.06. The third-order valence-corrected chi connectivity index (χ3v) is 3.27. The molecule has 0 bridgehead atoms. The quantitative estimate of drug-likeness (QED) is 0.835. The molecule has 0 spiro atoms. The molecule has 1 aromatic rings. The van der Waals surface area contributed by atoms with Gasteiger partial charge < -0.3 is 20.3 Å². The van der Waals surface area contributed by atoms with Gasteiger partial charge in [-0.2, -0.15) is 0 Å². The van der Waals surface area contributed by atoms with Gasteiger partial charge in [-0.1, -0.05) is 30.3 Å². The Morgan fingerprint density at radius 3 is 2.77 bits per heavy atom. The molecule has 7 heteroatoms. The average Bonchev–Trinajstić information content (AvgIpc) is 2.53. The summed E-state index contributed by atoms with van der Waals surface area (Å²) in [4.78, 5) is 36.5. The van der Waals surface area contributed by atoms with Gasteiger partial charge in [-0.25, -0.2) is 4.79 Å². The Labute approximate surface area is 128 Å². The molecule has 2 rings (SSSR count). The summed E-state index contributed by atoms with van der Waals surface area (Å²) >= 11 is 0. The maximum absolute atomic E-state index is 12.1. The van der Waals surface area contributed by atoms with Gasteiger partial charge in [0, 0.05) is 13.1 Å². The summed E-state index contributed by atoms with van der Waals surface area (Å²) in [6.07, 6.45) is -0.661. The van der Waals surface area contributed by atoms with Crippen molar-refractivity contribution in [1.82, 2.24) is 15.5 Å². The lowest BCUT2D eigenvalue weighted by molar-refractivity contribution is -0.139. The number of ether oxygens (including phenoxy) is 1. The molecule has 22 heavy (non-hydrogen) atoms. The molecule has 2 N–H and O–H groups in total. The van der Waals surface area contributed by atoms with Crippen molar-refractivity contribution in [1.29, 1.82) is 0 Å². The molecule has 1 heterocycles. The zero-order valence-electron chi connectivity index (χ0n) is 12.4. The van der Waals surface area contributed by atoms with Crippen LogP contribution in [0.5, 0.6) is 0 Å². The van der Waals surface area contributed by atoms with E-state index in [1.54, 1.807) is 6.92 Å². The molecule has 3 amide bonds. The third-order valence-electron chi connectivity index (χ3n) is 3.27.